The molecule has 0 aromatic rings. The Kier molecular flexibility index (Phi) is 72.8. The second kappa shape index (κ2) is 74.2. The molecule has 3 N–H and O–H groups in total. The maximum absolute atomic E-state index is 13.1. The second-order valence-corrected chi connectivity index (χ2v) is 34.1. The van der Waals surface area contributed by atoms with Crippen molar-refractivity contribution in [2.45, 2.75) is 458 Å². The summed E-state index contributed by atoms with van der Waals surface area (Å²) in [5.74, 6) is 0.366. The number of ether oxygens (including phenoxy) is 4. The Bertz CT molecular complexity index is 2000. The van der Waals surface area contributed by atoms with Crippen molar-refractivity contribution in [3.05, 3.63) is 0 Å². The first-order chi connectivity index (χ1) is 49.8. The Morgan fingerprint density at radius 1 is 0.282 bits per heavy atom. The first kappa shape index (κ1) is 101. The molecule has 0 amide bonds. The number of aliphatic hydroxyl groups is 1. The minimum absolute atomic E-state index is 0.106. The third-order valence-electron chi connectivity index (χ3n) is 20.4. The summed E-state index contributed by atoms with van der Waals surface area (Å²) < 4.78 is 68.8. The Hall–Kier alpha value is -1.94. The Morgan fingerprint density at radius 2 is 0.495 bits per heavy atom. The molecule has 0 aliphatic heterocycles. The number of phosphoric acid groups is 2. The fourth-order valence-electron chi connectivity index (χ4n) is 13.0. The smallest absolute Gasteiger partial charge is 0.462 e. The van der Waals surface area contributed by atoms with E-state index >= 15 is 0 Å². The molecular weight excluding hydrogens is 1340 g/mol. The third kappa shape index (κ3) is 75.3. The Labute approximate surface area is 632 Å². The van der Waals surface area contributed by atoms with Crippen LogP contribution in [0.15, 0.2) is 0 Å². The van der Waals surface area contributed by atoms with E-state index in [9.17, 15) is 43.2 Å². The number of hydrogen-bond donors (Lipinski definition) is 3. The van der Waals surface area contributed by atoms with Gasteiger partial charge in [-0.3, -0.25) is 37.3 Å². The van der Waals surface area contributed by atoms with E-state index in [0.29, 0.717) is 25.7 Å². The van der Waals surface area contributed by atoms with Crippen molar-refractivity contribution in [1.82, 2.24) is 0 Å². The molecule has 0 aromatic carbocycles. The number of hydrogen-bond acceptors (Lipinski definition) is 15. The van der Waals surface area contributed by atoms with E-state index in [-0.39, 0.29) is 25.7 Å². The maximum Gasteiger partial charge on any atom is 0.472 e. The molecule has 17 nitrogen and oxygen atoms in total. The summed E-state index contributed by atoms with van der Waals surface area (Å²) in [5, 5.41) is 10.7. The van der Waals surface area contributed by atoms with Crippen LogP contribution in [0.3, 0.4) is 0 Å². The van der Waals surface area contributed by atoms with Gasteiger partial charge in [0.05, 0.1) is 26.4 Å². The van der Waals surface area contributed by atoms with Crippen LogP contribution in [0, 0.1) is 17.8 Å². The molecule has 0 saturated carbocycles. The van der Waals surface area contributed by atoms with Crippen LogP contribution in [0.25, 0.3) is 0 Å². The zero-order chi connectivity index (χ0) is 75.8. The van der Waals surface area contributed by atoms with Crippen molar-refractivity contribution in [3.8, 4) is 0 Å². The lowest BCUT2D eigenvalue weighted by Crippen LogP contribution is -2.30. The number of carbonyl (C=O) groups is 4. The second-order valence-electron chi connectivity index (χ2n) is 31.2. The van der Waals surface area contributed by atoms with Crippen LogP contribution in [-0.4, -0.2) is 96.7 Å². The van der Waals surface area contributed by atoms with Gasteiger partial charge in [0, 0.05) is 25.7 Å². The van der Waals surface area contributed by atoms with Crippen LogP contribution in [0.5, 0.6) is 0 Å². The van der Waals surface area contributed by atoms with Gasteiger partial charge in [-0.1, -0.05) is 389 Å². The first-order valence-corrected chi connectivity index (χ1v) is 46.4. The summed E-state index contributed by atoms with van der Waals surface area (Å²) in [6, 6.07) is 0. The topological polar surface area (TPSA) is 237 Å². The van der Waals surface area contributed by atoms with Crippen molar-refractivity contribution in [3.63, 3.8) is 0 Å². The number of rotatable bonds is 82. The minimum atomic E-state index is -4.96. The van der Waals surface area contributed by atoms with Gasteiger partial charge < -0.3 is 33.8 Å². The molecule has 0 aromatic heterocycles. The standard InChI is InChI=1S/C84H164O17P2/c1-8-11-12-13-14-15-37-44-51-58-65-81(86)94-71-79(101-84(89)68-61-54-47-40-33-32-36-43-50-57-64-77(7)10-3)73-98-102(90,91)96-69-78(85)70-97-103(92,93)99-74-80(72-95-82(87)66-59-52-45-38-30-26-23-22-24-28-34-41-48-55-62-75(4)5)100-83(88)67-60-53-46-39-31-27-21-19-17-16-18-20-25-29-35-42-49-56-63-76(6)9-2/h75-80,85H,8-74H2,1-7H3,(H,90,91)(H,92,93)/t76?,77?,78-,79+,80+/m0/s1. The molecule has 103 heavy (non-hydrogen) atoms. The summed E-state index contributed by atoms with van der Waals surface area (Å²) in [4.78, 5) is 73.1. The maximum atomic E-state index is 13.1. The predicted molar refractivity (Wildman–Crippen MR) is 423 cm³/mol. The summed E-state index contributed by atoms with van der Waals surface area (Å²) in [7, 11) is -9.92. The molecule has 0 rings (SSSR count). The lowest BCUT2D eigenvalue weighted by Gasteiger charge is -2.21. The summed E-state index contributed by atoms with van der Waals surface area (Å²) in [6.45, 7) is 12.1. The van der Waals surface area contributed by atoms with Gasteiger partial charge >= 0.3 is 39.5 Å². The lowest BCUT2D eigenvalue weighted by atomic mass is 9.99. The van der Waals surface area contributed by atoms with Crippen LogP contribution in [0.4, 0.5) is 0 Å². The monoisotopic (exact) mass is 1510 g/mol. The van der Waals surface area contributed by atoms with Crippen LogP contribution in [0.2, 0.25) is 0 Å². The van der Waals surface area contributed by atoms with Gasteiger partial charge in [0.2, 0.25) is 0 Å². The molecule has 0 bridgehead atoms. The molecule has 0 radical (unpaired) electrons. The predicted octanol–water partition coefficient (Wildman–Crippen LogP) is 25.3. The highest BCUT2D eigenvalue weighted by molar-refractivity contribution is 7.47. The van der Waals surface area contributed by atoms with E-state index in [0.717, 1.165) is 108 Å². The van der Waals surface area contributed by atoms with E-state index in [1.54, 1.807) is 0 Å². The minimum Gasteiger partial charge on any atom is -0.462 e. The molecule has 19 heteroatoms. The number of unbranched alkanes of at least 4 members (excludes halogenated alkanes) is 48. The normalized spacial score (nSPS) is 14.4. The fraction of sp³-hybridized carbons (Fsp3) is 0.952. The highest BCUT2D eigenvalue weighted by atomic mass is 31.2. The first-order valence-electron chi connectivity index (χ1n) is 43.4. The zero-order valence-corrected chi connectivity index (χ0v) is 69.6. The third-order valence-corrected chi connectivity index (χ3v) is 22.3. The van der Waals surface area contributed by atoms with E-state index in [4.69, 9.17) is 37.0 Å². The van der Waals surface area contributed by atoms with Gasteiger partial charge in [-0.25, -0.2) is 9.13 Å². The summed E-state index contributed by atoms with van der Waals surface area (Å²) in [6.07, 6.45) is 63.7. The van der Waals surface area contributed by atoms with Gasteiger partial charge in [-0.15, -0.1) is 0 Å². The van der Waals surface area contributed by atoms with E-state index in [1.165, 1.54) is 250 Å². The van der Waals surface area contributed by atoms with Crippen molar-refractivity contribution in [2.75, 3.05) is 39.6 Å². The molecule has 0 aliphatic rings. The molecule has 0 saturated heterocycles. The molecule has 0 spiro atoms. The Morgan fingerprint density at radius 3 is 0.738 bits per heavy atom. The number of esters is 4. The molecule has 0 aliphatic carbocycles. The number of aliphatic hydroxyl groups excluding tert-OH is 1. The highest BCUT2D eigenvalue weighted by Crippen LogP contribution is 2.45. The van der Waals surface area contributed by atoms with Gasteiger partial charge in [-0.2, -0.15) is 0 Å². The van der Waals surface area contributed by atoms with Crippen LogP contribution < -0.4 is 0 Å². The van der Waals surface area contributed by atoms with Crippen molar-refractivity contribution >= 4 is 39.5 Å². The van der Waals surface area contributed by atoms with Crippen molar-refractivity contribution in [1.29, 1.82) is 0 Å². The lowest BCUT2D eigenvalue weighted by molar-refractivity contribution is -0.161. The Balaban J connectivity index is 5.22. The van der Waals surface area contributed by atoms with Crippen LogP contribution >= 0.6 is 15.6 Å². The molecule has 0 heterocycles. The molecule has 612 valence electrons. The van der Waals surface area contributed by atoms with Gasteiger partial charge in [0.15, 0.2) is 12.2 Å². The largest absolute Gasteiger partial charge is 0.472 e. The highest BCUT2D eigenvalue weighted by Gasteiger charge is 2.30. The molecule has 7 atom stereocenters. The number of carbonyl (C=O) groups excluding carboxylic acids is 4. The van der Waals surface area contributed by atoms with Crippen molar-refractivity contribution < 1.29 is 80.2 Å². The van der Waals surface area contributed by atoms with Gasteiger partial charge in [0.1, 0.15) is 19.3 Å². The fourth-order valence-corrected chi connectivity index (χ4v) is 14.5. The summed E-state index contributed by atoms with van der Waals surface area (Å²) >= 11 is 0. The van der Waals surface area contributed by atoms with E-state index in [2.05, 4.69) is 48.5 Å². The SMILES string of the molecule is CCCCCCCCCCCCC(=O)OC[C@H](COP(=O)(O)OC[C@H](O)COP(=O)(O)OC[C@@H](COC(=O)CCCCCCCCCCCCCCCCC(C)C)OC(=O)CCCCCCCCCCCCCCCCCCCCC(C)CC)OC(=O)CCCCCCCCCCCCC(C)CC. The van der Waals surface area contributed by atoms with E-state index in [1.807, 2.05) is 0 Å². The quantitative estimate of drug-likeness (QED) is 0.0222. The van der Waals surface area contributed by atoms with Crippen molar-refractivity contribution in [2.24, 2.45) is 17.8 Å². The molecule has 0 fully saturated rings. The van der Waals surface area contributed by atoms with Gasteiger partial charge in [0.25, 0.3) is 0 Å². The van der Waals surface area contributed by atoms with E-state index < -0.39 is 97.5 Å². The summed E-state index contributed by atoms with van der Waals surface area (Å²) in [5.41, 5.74) is 0. The average Bonchev–Trinajstić information content (AvgIpc) is 0.909. The zero-order valence-electron chi connectivity index (χ0n) is 67.8. The molecule has 4 unspecified atom stereocenters. The molecular formula is C84H164O17P2. The average molecular weight is 1510 g/mol. The van der Waals surface area contributed by atoms with Crippen LogP contribution in [0.1, 0.15) is 440 Å². The van der Waals surface area contributed by atoms with Crippen LogP contribution in [-0.2, 0) is 65.4 Å². The number of phosphoric ester groups is 2. The van der Waals surface area contributed by atoms with Gasteiger partial charge in [-0.05, 0) is 43.4 Å².